The average molecular weight is 365 g/mol. The molecule has 0 N–H and O–H groups in total. The number of rotatable bonds is 4. The van der Waals surface area contributed by atoms with Gasteiger partial charge in [-0.3, -0.25) is 0 Å². The zero-order valence-corrected chi connectivity index (χ0v) is 14.6. The van der Waals surface area contributed by atoms with Gasteiger partial charge in [-0.15, -0.1) is 0 Å². The van der Waals surface area contributed by atoms with Crippen molar-refractivity contribution in [1.29, 1.82) is 0 Å². The van der Waals surface area contributed by atoms with Crippen molar-refractivity contribution >= 4 is 40.1 Å². The van der Waals surface area contributed by atoms with Crippen molar-refractivity contribution in [3.63, 3.8) is 0 Å². The van der Waals surface area contributed by atoms with Crippen molar-refractivity contribution in [3.8, 4) is 5.75 Å². The van der Waals surface area contributed by atoms with Gasteiger partial charge >= 0.3 is 5.97 Å². The molecule has 2 aromatic carbocycles. The second-order valence-corrected chi connectivity index (χ2v) is 6.01. The molecule has 6 heteroatoms. The van der Waals surface area contributed by atoms with Gasteiger partial charge in [-0.1, -0.05) is 29.3 Å². The molecule has 0 fully saturated rings. The summed E-state index contributed by atoms with van der Waals surface area (Å²) in [7, 11) is 1.58. The first-order valence-corrected chi connectivity index (χ1v) is 7.94. The first-order valence-electron chi connectivity index (χ1n) is 7.18. The number of hydrogen-bond donors (Lipinski definition) is 0. The number of esters is 1. The summed E-state index contributed by atoms with van der Waals surface area (Å²) in [6.45, 7) is 1.77. The van der Waals surface area contributed by atoms with Gasteiger partial charge < -0.3 is 13.9 Å². The number of benzene rings is 2. The molecule has 0 atom stereocenters. The van der Waals surface area contributed by atoms with Crippen LogP contribution in [0.2, 0.25) is 10.0 Å². The van der Waals surface area contributed by atoms with E-state index >= 15 is 0 Å². The fraction of sp³-hybridized carbons (Fsp3) is 0.167. The van der Waals surface area contributed by atoms with E-state index in [9.17, 15) is 4.79 Å². The fourth-order valence-electron chi connectivity index (χ4n) is 2.40. The molecule has 4 nitrogen and oxygen atoms in total. The summed E-state index contributed by atoms with van der Waals surface area (Å²) in [5.41, 5.74) is 1.85. The molecule has 0 saturated heterocycles. The Labute approximate surface area is 148 Å². The number of ether oxygens (including phenoxy) is 2. The summed E-state index contributed by atoms with van der Waals surface area (Å²) in [4.78, 5) is 12.4. The van der Waals surface area contributed by atoms with E-state index in [-0.39, 0.29) is 12.4 Å². The van der Waals surface area contributed by atoms with Crippen LogP contribution >= 0.6 is 23.2 Å². The molecule has 1 aromatic heterocycles. The van der Waals surface area contributed by atoms with Crippen LogP contribution in [-0.4, -0.2) is 13.1 Å². The average Bonchev–Trinajstić information content (AvgIpc) is 2.90. The molecule has 24 heavy (non-hydrogen) atoms. The molecule has 0 radical (unpaired) electrons. The zero-order chi connectivity index (χ0) is 17.3. The highest BCUT2D eigenvalue weighted by atomic mass is 35.5. The van der Waals surface area contributed by atoms with Gasteiger partial charge in [-0.25, -0.2) is 4.79 Å². The lowest BCUT2D eigenvalue weighted by molar-refractivity contribution is 0.0438. The maximum atomic E-state index is 12.4. The number of fused-ring (bicyclic) bond motifs is 1. The highest BCUT2D eigenvalue weighted by Crippen LogP contribution is 2.30. The molecule has 0 aliphatic carbocycles. The minimum atomic E-state index is -0.571. The van der Waals surface area contributed by atoms with E-state index in [1.165, 1.54) is 0 Å². The highest BCUT2D eigenvalue weighted by molar-refractivity contribution is 6.35. The van der Waals surface area contributed by atoms with Crippen LogP contribution in [0.4, 0.5) is 0 Å². The van der Waals surface area contributed by atoms with E-state index < -0.39 is 5.97 Å². The number of furan rings is 1. The maximum Gasteiger partial charge on any atom is 0.374 e. The van der Waals surface area contributed by atoms with Crippen LogP contribution in [0.1, 0.15) is 21.7 Å². The number of carbonyl (C=O) groups is 1. The molecule has 0 aliphatic heterocycles. The van der Waals surface area contributed by atoms with Gasteiger partial charge in [0.1, 0.15) is 17.9 Å². The summed E-state index contributed by atoms with van der Waals surface area (Å²) in [6, 6.07) is 10.4. The largest absolute Gasteiger partial charge is 0.497 e. The molecule has 0 spiro atoms. The van der Waals surface area contributed by atoms with Crippen LogP contribution in [0, 0.1) is 6.92 Å². The molecule has 0 unspecified atom stereocenters. The predicted molar refractivity (Wildman–Crippen MR) is 93.1 cm³/mol. The summed E-state index contributed by atoms with van der Waals surface area (Å²) in [5.74, 6) is 0.272. The second kappa shape index (κ2) is 6.75. The molecular weight excluding hydrogens is 351 g/mol. The summed E-state index contributed by atoms with van der Waals surface area (Å²) >= 11 is 12.1. The Hall–Kier alpha value is -2.17. The van der Waals surface area contributed by atoms with Crippen LogP contribution in [0.3, 0.4) is 0 Å². The summed E-state index contributed by atoms with van der Waals surface area (Å²) < 4.78 is 16.1. The lowest BCUT2D eigenvalue weighted by Gasteiger charge is -2.07. The number of hydrogen-bond acceptors (Lipinski definition) is 4. The predicted octanol–water partition coefficient (Wildman–Crippen LogP) is 5.41. The molecule has 0 amide bonds. The van der Waals surface area contributed by atoms with Crippen molar-refractivity contribution in [2.45, 2.75) is 13.5 Å². The van der Waals surface area contributed by atoms with E-state index in [1.54, 1.807) is 44.4 Å². The van der Waals surface area contributed by atoms with Crippen molar-refractivity contribution in [2.24, 2.45) is 0 Å². The van der Waals surface area contributed by atoms with Gasteiger partial charge in [0, 0.05) is 26.6 Å². The molecule has 1 heterocycles. The Morgan fingerprint density at radius 2 is 1.88 bits per heavy atom. The quantitative estimate of drug-likeness (QED) is 0.580. The first kappa shape index (κ1) is 16.7. The van der Waals surface area contributed by atoms with E-state index in [0.717, 1.165) is 5.39 Å². The van der Waals surface area contributed by atoms with E-state index in [0.29, 0.717) is 32.5 Å². The number of aryl methyl sites for hydroxylation is 1. The third-order valence-corrected chi connectivity index (χ3v) is 4.45. The Bertz CT molecular complexity index is 895. The van der Waals surface area contributed by atoms with E-state index in [1.807, 2.05) is 6.07 Å². The molecule has 0 saturated carbocycles. The van der Waals surface area contributed by atoms with E-state index in [4.69, 9.17) is 37.1 Å². The Kier molecular flexibility index (Phi) is 4.69. The van der Waals surface area contributed by atoms with Gasteiger partial charge in [0.15, 0.2) is 0 Å². The highest BCUT2D eigenvalue weighted by Gasteiger charge is 2.20. The maximum absolute atomic E-state index is 12.4. The first-order chi connectivity index (χ1) is 11.5. The zero-order valence-electron chi connectivity index (χ0n) is 13.1. The molecule has 3 rings (SSSR count). The summed E-state index contributed by atoms with van der Waals surface area (Å²) in [6.07, 6.45) is 0. The molecular formula is C18H14Cl2O4. The molecule has 0 aliphatic rings. The third kappa shape index (κ3) is 3.07. The topological polar surface area (TPSA) is 48.7 Å². The van der Waals surface area contributed by atoms with Crippen molar-refractivity contribution in [1.82, 2.24) is 0 Å². The van der Waals surface area contributed by atoms with Gasteiger partial charge in [0.25, 0.3) is 0 Å². The lowest BCUT2D eigenvalue weighted by Crippen LogP contribution is -2.06. The van der Waals surface area contributed by atoms with Gasteiger partial charge in [-0.2, -0.15) is 0 Å². The van der Waals surface area contributed by atoms with Crippen molar-refractivity contribution in [3.05, 3.63) is 63.3 Å². The Morgan fingerprint density at radius 3 is 2.54 bits per heavy atom. The van der Waals surface area contributed by atoms with Crippen LogP contribution < -0.4 is 4.74 Å². The third-order valence-electron chi connectivity index (χ3n) is 3.74. The van der Waals surface area contributed by atoms with Crippen molar-refractivity contribution < 1.29 is 18.7 Å². The molecule has 0 bridgehead atoms. The normalized spacial score (nSPS) is 10.8. The Morgan fingerprint density at radius 1 is 1.17 bits per heavy atom. The van der Waals surface area contributed by atoms with Gasteiger partial charge in [0.05, 0.1) is 7.11 Å². The van der Waals surface area contributed by atoms with E-state index in [2.05, 4.69) is 0 Å². The SMILES string of the molecule is COc1ccc2oc(C(=O)OCc3c(Cl)cccc3Cl)c(C)c2c1. The number of halogens is 2. The minimum Gasteiger partial charge on any atom is -0.497 e. The van der Waals surface area contributed by atoms with Crippen LogP contribution in [-0.2, 0) is 11.3 Å². The van der Waals surface area contributed by atoms with Gasteiger partial charge in [0.2, 0.25) is 5.76 Å². The van der Waals surface area contributed by atoms with Crippen molar-refractivity contribution in [2.75, 3.05) is 7.11 Å². The minimum absolute atomic E-state index is 0.0306. The van der Waals surface area contributed by atoms with Crippen LogP contribution in [0.15, 0.2) is 40.8 Å². The number of carbonyl (C=O) groups excluding carboxylic acids is 1. The second-order valence-electron chi connectivity index (χ2n) is 5.19. The lowest BCUT2D eigenvalue weighted by atomic mass is 10.1. The van der Waals surface area contributed by atoms with Gasteiger partial charge in [-0.05, 0) is 37.3 Å². The smallest absolute Gasteiger partial charge is 0.374 e. The fourth-order valence-corrected chi connectivity index (χ4v) is 2.90. The molecule has 124 valence electrons. The Balaban J connectivity index is 1.85. The molecule has 3 aromatic rings. The number of methoxy groups -OCH3 is 1. The van der Waals surface area contributed by atoms with Crippen LogP contribution in [0.5, 0.6) is 5.75 Å². The monoisotopic (exact) mass is 364 g/mol. The standard InChI is InChI=1S/C18H14Cl2O4/c1-10-12-8-11(22-2)6-7-16(12)24-17(10)18(21)23-9-13-14(19)4-3-5-15(13)20/h3-8H,9H2,1-2H3. The van der Waals surface area contributed by atoms with Crippen LogP contribution in [0.25, 0.3) is 11.0 Å². The summed E-state index contributed by atoms with van der Waals surface area (Å²) in [5, 5.41) is 1.69.